The van der Waals surface area contributed by atoms with Gasteiger partial charge in [0.15, 0.2) is 0 Å². The number of rotatable bonds is 7. The largest absolute Gasteiger partial charge is 0.402 e. The van der Waals surface area contributed by atoms with Crippen molar-refractivity contribution in [3.8, 4) is 0 Å². The molecule has 26 heavy (non-hydrogen) atoms. The first-order valence-corrected chi connectivity index (χ1v) is 11.7. The molecule has 1 saturated heterocycles. The fourth-order valence-electron chi connectivity index (χ4n) is 3.21. The molecule has 0 atom stereocenters. The minimum atomic E-state index is -4.23. The van der Waals surface area contributed by atoms with Gasteiger partial charge in [-0.15, -0.1) is 0 Å². The lowest BCUT2D eigenvalue weighted by Crippen LogP contribution is -2.29. The van der Waals surface area contributed by atoms with Gasteiger partial charge in [-0.1, -0.05) is 12.1 Å². The lowest BCUT2D eigenvalue weighted by molar-refractivity contribution is 0.293. The Kier molecular flexibility index (Phi) is 5.58. The van der Waals surface area contributed by atoms with Crippen molar-refractivity contribution >= 4 is 28.7 Å². The molecular formula is C16H24N3O5PS. The summed E-state index contributed by atoms with van der Waals surface area (Å²) in [4.78, 5) is 21.4. The van der Waals surface area contributed by atoms with Crippen molar-refractivity contribution in [2.24, 2.45) is 0 Å². The van der Waals surface area contributed by atoms with Crippen molar-refractivity contribution in [3.63, 3.8) is 0 Å². The van der Waals surface area contributed by atoms with Crippen molar-refractivity contribution < 1.29 is 22.8 Å². The van der Waals surface area contributed by atoms with Crippen LogP contribution in [0, 0.1) is 0 Å². The number of aromatic amines is 1. The number of nitrogens with one attached hydrogen (secondary N) is 1. The van der Waals surface area contributed by atoms with E-state index in [2.05, 4.69) is 4.98 Å². The minimum Gasteiger partial charge on any atom is -0.361 e. The number of likely N-dealkylation sites (N-methyl/N-ethyl adjacent to an activating group) is 1. The van der Waals surface area contributed by atoms with Crippen LogP contribution in [0.1, 0.15) is 24.0 Å². The Labute approximate surface area is 153 Å². The number of benzene rings is 1. The lowest BCUT2D eigenvalue weighted by Gasteiger charge is -2.17. The minimum absolute atomic E-state index is 0.0156. The van der Waals surface area contributed by atoms with Gasteiger partial charge in [0, 0.05) is 36.7 Å². The maximum Gasteiger partial charge on any atom is 0.402 e. The van der Waals surface area contributed by atoms with Crippen molar-refractivity contribution in [2.45, 2.75) is 25.0 Å². The van der Waals surface area contributed by atoms with Crippen molar-refractivity contribution in [1.29, 1.82) is 0 Å². The molecule has 2 aromatic rings. The molecule has 0 bridgehead atoms. The first-order chi connectivity index (χ1) is 12.2. The summed E-state index contributed by atoms with van der Waals surface area (Å²) in [6.45, 7) is 1.43. The van der Waals surface area contributed by atoms with Crippen molar-refractivity contribution in [2.75, 3.05) is 26.7 Å². The molecule has 2 heterocycles. The van der Waals surface area contributed by atoms with Crippen LogP contribution in [0.4, 0.5) is 0 Å². The van der Waals surface area contributed by atoms with Crippen LogP contribution in [0.2, 0.25) is 0 Å². The first-order valence-electron chi connectivity index (χ1n) is 8.51. The molecule has 0 unspecified atom stereocenters. The predicted octanol–water partition coefficient (Wildman–Crippen LogP) is 1.66. The van der Waals surface area contributed by atoms with Crippen LogP contribution in [0.5, 0.6) is 0 Å². The maximum atomic E-state index is 12.5. The number of aromatic nitrogens is 1. The summed E-state index contributed by atoms with van der Waals surface area (Å²) < 4.78 is 38.7. The highest BCUT2D eigenvalue weighted by atomic mass is 32.2. The zero-order valence-electron chi connectivity index (χ0n) is 14.6. The van der Waals surface area contributed by atoms with E-state index in [1.165, 1.54) is 7.05 Å². The van der Waals surface area contributed by atoms with Gasteiger partial charge in [0.1, 0.15) is 0 Å². The van der Waals surface area contributed by atoms with Crippen LogP contribution in [-0.4, -0.2) is 58.8 Å². The van der Waals surface area contributed by atoms with Gasteiger partial charge < -0.3 is 14.8 Å². The number of H-pyrrole nitrogens is 1. The number of fused-ring (bicyclic) bond motifs is 1. The normalized spacial score (nSPS) is 16.8. The molecule has 1 aromatic heterocycles. The fourth-order valence-corrected chi connectivity index (χ4v) is 5.17. The monoisotopic (exact) mass is 401 g/mol. The molecule has 0 saturated carbocycles. The van der Waals surface area contributed by atoms with E-state index in [1.54, 1.807) is 16.6 Å². The van der Waals surface area contributed by atoms with Crippen LogP contribution in [0.25, 0.3) is 10.9 Å². The van der Waals surface area contributed by atoms with E-state index in [1.807, 2.05) is 12.1 Å². The molecule has 0 radical (unpaired) electrons. The molecule has 0 amide bonds. The second-order valence-electron chi connectivity index (χ2n) is 6.70. The average Bonchev–Trinajstić information content (AvgIpc) is 3.21. The number of nitrogens with zero attached hydrogens (tertiary/aromatic N) is 2. The Hall–Kier alpha value is -1.22. The van der Waals surface area contributed by atoms with Crippen LogP contribution >= 0.6 is 7.75 Å². The van der Waals surface area contributed by atoms with E-state index < -0.39 is 17.8 Å². The molecule has 1 aliphatic heterocycles. The van der Waals surface area contributed by atoms with Crippen molar-refractivity contribution in [3.05, 3.63) is 35.5 Å². The third-order valence-corrected chi connectivity index (χ3v) is 7.73. The molecule has 3 N–H and O–H groups in total. The quantitative estimate of drug-likeness (QED) is 0.608. The van der Waals surface area contributed by atoms with Gasteiger partial charge in [-0.2, -0.15) is 0 Å². The van der Waals surface area contributed by atoms with Gasteiger partial charge in [-0.25, -0.2) is 22.0 Å². The van der Waals surface area contributed by atoms with Crippen LogP contribution < -0.4 is 0 Å². The molecule has 1 aliphatic rings. The zero-order chi connectivity index (χ0) is 18.9. The van der Waals surface area contributed by atoms with Gasteiger partial charge in [-0.3, -0.25) is 0 Å². The second kappa shape index (κ2) is 7.42. The van der Waals surface area contributed by atoms with Crippen LogP contribution in [-0.2, 0) is 26.8 Å². The Bertz CT molecular complexity index is 931. The van der Waals surface area contributed by atoms with Gasteiger partial charge in [-0.05, 0) is 43.5 Å². The Balaban J connectivity index is 1.73. The highest BCUT2D eigenvalue weighted by molar-refractivity contribution is 7.88. The van der Waals surface area contributed by atoms with Gasteiger partial charge >= 0.3 is 7.75 Å². The van der Waals surface area contributed by atoms with Gasteiger partial charge in [0.05, 0.1) is 5.75 Å². The van der Waals surface area contributed by atoms with E-state index in [0.29, 0.717) is 19.5 Å². The van der Waals surface area contributed by atoms with E-state index in [0.717, 1.165) is 39.5 Å². The molecule has 1 fully saturated rings. The van der Waals surface area contributed by atoms with Gasteiger partial charge in [0.25, 0.3) is 0 Å². The van der Waals surface area contributed by atoms with E-state index in [9.17, 15) is 13.0 Å². The topological polar surface area (TPSA) is 114 Å². The molecular weight excluding hydrogens is 377 g/mol. The van der Waals surface area contributed by atoms with Crippen LogP contribution in [0.3, 0.4) is 0 Å². The lowest BCUT2D eigenvalue weighted by atomic mass is 10.1. The van der Waals surface area contributed by atoms with Gasteiger partial charge in [0.2, 0.25) is 10.0 Å². The Morgan fingerprint density at radius 3 is 2.62 bits per heavy atom. The Morgan fingerprint density at radius 2 is 1.96 bits per heavy atom. The molecule has 0 spiro atoms. The summed E-state index contributed by atoms with van der Waals surface area (Å²) in [7, 11) is -6.13. The second-order valence-corrected chi connectivity index (χ2v) is 10.4. The Morgan fingerprint density at radius 1 is 1.27 bits per heavy atom. The van der Waals surface area contributed by atoms with E-state index in [4.69, 9.17) is 9.79 Å². The average molecular weight is 401 g/mol. The van der Waals surface area contributed by atoms with E-state index in [-0.39, 0.29) is 12.3 Å². The number of hydrogen-bond acceptors (Lipinski definition) is 3. The molecule has 1 aromatic carbocycles. The van der Waals surface area contributed by atoms with E-state index >= 15 is 0 Å². The smallest absolute Gasteiger partial charge is 0.361 e. The highest BCUT2D eigenvalue weighted by Gasteiger charge is 2.25. The summed E-state index contributed by atoms with van der Waals surface area (Å²) >= 11 is 0. The summed E-state index contributed by atoms with van der Waals surface area (Å²) in [6, 6.07) is 5.51. The molecule has 0 aliphatic carbocycles. The number of hydrogen-bond donors (Lipinski definition) is 3. The maximum absolute atomic E-state index is 12.5. The summed E-state index contributed by atoms with van der Waals surface area (Å²) in [5.41, 5.74) is 2.49. The highest BCUT2D eigenvalue weighted by Crippen LogP contribution is 2.38. The SMILES string of the molecule is CN(CCc1c[nH]c2cc(CS(=O)(=O)N3CCCC3)ccc12)P(=O)(O)O. The number of sulfonamides is 1. The summed E-state index contributed by atoms with van der Waals surface area (Å²) in [5, 5.41) is 0.937. The third kappa shape index (κ3) is 4.36. The third-order valence-electron chi connectivity index (χ3n) is 4.79. The fraction of sp³-hybridized carbons (Fsp3) is 0.500. The molecule has 144 valence electrons. The van der Waals surface area contributed by atoms with Crippen LogP contribution in [0.15, 0.2) is 24.4 Å². The predicted molar refractivity (Wildman–Crippen MR) is 100 cm³/mol. The zero-order valence-corrected chi connectivity index (χ0v) is 16.3. The molecule has 8 nitrogen and oxygen atoms in total. The standard InChI is InChI=1S/C16H24N3O5PS/c1-18(25(20,21)22)9-6-14-11-17-16-10-13(4-5-15(14)16)12-26(23,24)19-7-2-3-8-19/h4-5,10-11,17H,2-3,6-9,12H2,1H3,(H2,20,21,22). The molecule has 10 heteroatoms. The summed E-state index contributed by atoms with van der Waals surface area (Å²) in [6.07, 6.45) is 4.12. The summed E-state index contributed by atoms with van der Waals surface area (Å²) in [5.74, 6) is -0.0156. The molecule has 3 rings (SSSR count). The first kappa shape index (κ1) is 19.5. The van der Waals surface area contributed by atoms with Crippen molar-refractivity contribution in [1.82, 2.24) is 14.0 Å².